The molecule has 0 radical (unpaired) electrons. The number of para-hydroxylation sites is 1. The molecule has 6 rings (SSSR count). The molecule has 1 spiro atoms. The van der Waals surface area contributed by atoms with Crippen LogP contribution in [0.1, 0.15) is 90.5 Å². The van der Waals surface area contributed by atoms with Crippen LogP contribution in [0.5, 0.6) is 11.5 Å². The largest absolute Gasteiger partial charge is 0.456 e. The highest BCUT2D eigenvalue weighted by Gasteiger charge is 2.53. The molecule has 1 unspecified atom stereocenters. The standard InChI is InChI=1S/C38H39F3N2O3/c1-4-6-12-22-43(23-13-7-5-2)35-31(38(39,40)41)20-18-25(3)34(35)42-26-19-21-30-33(24-26)45-32-17-11-10-16-29(32)37(30)28-15-9-8-14-27(28)36(44)46-37/h8-11,14-21,24,42H,4-7,12-13,22-23H2,1-3H3. The summed E-state index contributed by atoms with van der Waals surface area (Å²) >= 11 is 0. The molecule has 0 aromatic heterocycles. The van der Waals surface area contributed by atoms with E-state index in [2.05, 4.69) is 19.2 Å². The molecule has 2 heterocycles. The van der Waals surface area contributed by atoms with Gasteiger partial charge in [-0.25, -0.2) is 4.79 Å². The maximum Gasteiger partial charge on any atom is 0.418 e. The Morgan fingerprint density at radius 3 is 2.13 bits per heavy atom. The van der Waals surface area contributed by atoms with Gasteiger partial charge in [-0.3, -0.25) is 0 Å². The van der Waals surface area contributed by atoms with Crippen LogP contribution in [0.25, 0.3) is 0 Å². The number of carbonyl (C=O) groups is 1. The molecular formula is C38H39F3N2O3. The molecule has 0 aliphatic carbocycles. The molecule has 2 aliphatic rings. The molecule has 0 amide bonds. The first-order valence-electron chi connectivity index (χ1n) is 16.2. The summed E-state index contributed by atoms with van der Waals surface area (Å²) in [6, 6.07) is 22.9. The number of carbonyl (C=O) groups excluding carboxylic acids is 1. The summed E-state index contributed by atoms with van der Waals surface area (Å²) in [5.41, 5.74) is 2.60. The number of rotatable bonds is 11. The van der Waals surface area contributed by atoms with Crippen LogP contribution in [0.3, 0.4) is 0 Å². The van der Waals surface area contributed by atoms with Crippen LogP contribution in [0, 0.1) is 6.92 Å². The number of fused-ring (bicyclic) bond motifs is 6. The number of ether oxygens (including phenoxy) is 2. The summed E-state index contributed by atoms with van der Waals surface area (Å²) in [6.45, 7) is 7.09. The number of unbranched alkanes of at least 4 members (excludes halogenated alkanes) is 4. The molecule has 4 aromatic rings. The minimum Gasteiger partial charge on any atom is -0.456 e. The summed E-state index contributed by atoms with van der Waals surface area (Å²) in [7, 11) is 0. The van der Waals surface area contributed by atoms with Gasteiger partial charge >= 0.3 is 12.1 Å². The molecule has 4 aromatic carbocycles. The van der Waals surface area contributed by atoms with Crippen molar-refractivity contribution in [2.24, 2.45) is 0 Å². The maximum absolute atomic E-state index is 14.6. The highest BCUT2D eigenvalue weighted by atomic mass is 19.4. The molecular weight excluding hydrogens is 589 g/mol. The Kier molecular flexibility index (Phi) is 8.73. The number of hydrogen-bond acceptors (Lipinski definition) is 5. The van der Waals surface area contributed by atoms with Crippen LogP contribution >= 0.6 is 0 Å². The summed E-state index contributed by atoms with van der Waals surface area (Å²) in [5, 5.41) is 3.37. The zero-order valence-electron chi connectivity index (χ0n) is 26.5. The van der Waals surface area contributed by atoms with Gasteiger partial charge in [0.15, 0.2) is 5.60 Å². The van der Waals surface area contributed by atoms with E-state index in [0.29, 0.717) is 58.2 Å². The van der Waals surface area contributed by atoms with Crippen LogP contribution in [-0.2, 0) is 16.5 Å². The fraction of sp³-hybridized carbons (Fsp3) is 0.342. The van der Waals surface area contributed by atoms with Crippen molar-refractivity contribution in [3.05, 3.63) is 112 Å². The second-order valence-electron chi connectivity index (χ2n) is 12.1. The number of nitrogens with one attached hydrogen (secondary N) is 1. The fourth-order valence-electron chi connectivity index (χ4n) is 6.69. The van der Waals surface area contributed by atoms with Gasteiger partial charge in [-0.15, -0.1) is 0 Å². The van der Waals surface area contributed by atoms with Crippen LogP contribution < -0.4 is 15.0 Å². The quantitative estimate of drug-likeness (QED) is 0.132. The highest BCUT2D eigenvalue weighted by molar-refractivity contribution is 5.97. The van der Waals surface area contributed by atoms with E-state index in [1.165, 1.54) is 12.1 Å². The second-order valence-corrected chi connectivity index (χ2v) is 12.1. The highest BCUT2D eigenvalue weighted by Crippen LogP contribution is 2.56. The van der Waals surface area contributed by atoms with Crippen LogP contribution in [0.2, 0.25) is 0 Å². The minimum atomic E-state index is -4.53. The molecule has 240 valence electrons. The first kappa shape index (κ1) is 31.5. The Hall–Kier alpha value is -4.46. The molecule has 0 bridgehead atoms. The summed E-state index contributed by atoms with van der Waals surface area (Å²) in [4.78, 5) is 15.1. The third-order valence-electron chi connectivity index (χ3n) is 8.96. The van der Waals surface area contributed by atoms with Crippen molar-refractivity contribution in [1.82, 2.24) is 0 Å². The predicted molar refractivity (Wildman–Crippen MR) is 175 cm³/mol. The van der Waals surface area contributed by atoms with Gasteiger partial charge in [-0.05, 0) is 55.7 Å². The molecule has 2 aliphatic heterocycles. The average molecular weight is 629 g/mol. The molecule has 0 saturated carbocycles. The summed E-state index contributed by atoms with van der Waals surface area (Å²) in [5.74, 6) is 0.587. The molecule has 5 nitrogen and oxygen atoms in total. The minimum absolute atomic E-state index is 0.179. The Bertz CT molecular complexity index is 1740. The fourth-order valence-corrected chi connectivity index (χ4v) is 6.69. The lowest BCUT2D eigenvalue weighted by Crippen LogP contribution is -2.33. The predicted octanol–water partition coefficient (Wildman–Crippen LogP) is 10.5. The van der Waals surface area contributed by atoms with E-state index in [0.717, 1.165) is 44.1 Å². The van der Waals surface area contributed by atoms with Gasteiger partial charge < -0.3 is 19.7 Å². The molecule has 46 heavy (non-hydrogen) atoms. The summed E-state index contributed by atoms with van der Waals surface area (Å²) in [6.07, 6.45) is 0.935. The van der Waals surface area contributed by atoms with Crippen molar-refractivity contribution in [3.8, 4) is 11.5 Å². The zero-order chi connectivity index (χ0) is 32.5. The number of halogens is 3. The van der Waals surface area contributed by atoms with Gasteiger partial charge in [0.05, 0.1) is 22.5 Å². The first-order valence-corrected chi connectivity index (χ1v) is 16.2. The van der Waals surface area contributed by atoms with E-state index in [9.17, 15) is 18.0 Å². The smallest absolute Gasteiger partial charge is 0.418 e. The van der Waals surface area contributed by atoms with Gasteiger partial charge in [0.1, 0.15) is 11.5 Å². The lowest BCUT2D eigenvalue weighted by molar-refractivity contribution is -0.137. The Balaban J connectivity index is 1.46. The third-order valence-corrected chi connectivity index (χ3v) is 8.96. The number of hydrogen-bond donors (Lipinski definition) is 1. The number of anilines is 3. The molecule has 1 N–H and O–H groups in total. The van der Waals surface area contributed by atoms with Gasteiger partial charge in [0.25, 0.3) is 0 Å². The van der Waals surface area contributed by atoms with Crippen molar-refractivity contribution in [2.75, 3.05) is 23.3 Å². The van der Waals surface area contributed by atoms with E-state index in [1.807, 2.05) is 60.4 Å². The van der Waals surface area contributed by atoms with Gasteiger partial charge in [-0.2, -0.15) is 13.2 Å². The normalized spacial score (nSPS) is 16.3. The number of alkyl halides is 3. The molecule has 0 fully saturated rings. The van der Waals surface area contributed by atoms with Crippen molar-refractivity contribution >= 4 is 23.0 Å². The lowest BCUT2D eigenvalue weighted by atomic mass is 9.77. The lowest BCUT2D eigenvalue weighted by Gasteiger charge is -2.36. The van der Waals surface area contributed by atoms with Gasteiger partial charge in [0.2, 0.25) is 0 Å². The number of nitrogens with zero attached hydrogens (tertiary/aromatic N) is 1. The van der Waals surface area contributed by atoms with Gasteiger partial charge in [-0.1, -0.05) is 82.0 Å². The molecule has 1 atom stereocenters. The van der Waals surface area contributed by atoms with E-state index in [4.69, 9.17) is 9.47 Å². The van der Waals surface area contributed by atoms with Crippen LogP contribution in [0.4, 0.5) is 30.2 Å². The van der Waals surface area contributed by atoms with E-state index < -0.39 is 23.3 Å². The van der Waals surface area contributed by atoms with Crippen LogP contribution in [0.15, 0.2) is 78.9 Å². The summed E-state index contributed by atoms with van der Waals surface area (Å²) < 4.78 is 56.4. The van der Waals surface area contributed by atoms with Crippen molar-refractivity contribution in [2.45, 2.75) is 71.1 Å². The third kappa shape index (κ3) is 5.59. The Morgan fingerprint density at radius 2 is 1.43 bits per heavy atom. The van der Waals surface area contributed by atoms with Crippen molar-refractivity contribution in [1.29, 1.82) is 0 Å². The number of aryl methyl sites for hydroxylation is 1. The zero-order valence-corrected chi connectivity index (χ0v) is 26.5. The van der Waals surface area contributed by atoms with Crippen LogP contribution in [-0.4, -0.2) is 19.1 Å². The van der Waals surface area contributed by atoms with E-state index in [1.54, 1.807) is 18.2 Å². The Labute approximate surface area is 268 Å². The maximum atomic E-state index is 14.6. The molecule has 0 saturated heterocycles. The monoisotopic (exact) mass is 628 g/mol. The van der Waals surface area contributed by atoms with E-state index in [-0.39, 0.29) is 5.69 Å². The first-order chi connectivity index (χ1) is 22.2. The SMILES string of the molecule is CCCCCN(CCCCC)c1c(C(F)(F)F)ccc(C)c1Nc1ccc2c(c1)Oc1ccccc1C21OC(=O)c2ccccc21. The number of benzene rings is 4. The average Bonchev–Trinajstić information content (AvgIpc) is 3.33. The Morgan fingerprint density at radius 1 is 0.783 bits per heavy atom. The number of esters is 1. The van der Waals surface area contributed by atoms with E-state index >= 15 is 0 Å². The molecule has 8 heteroatoms. The van der Waals surface area contributed by atoms with Gasteiger partial charge in [0, 0.05) is 41.5 Å². The van der Waals surface area contributed by atoms with Crippen molar-refractivity contribution in [3.63, 3.8) is 0 Å². The van der Waals surface area contributed by atoms with Crippen molar-refractivity contribution < 1.29 is 27.4 Å². The second kappa shape index (κ2) is 12.7. The topological polar surface area (TPSA) is 50.8 Å².